The number of hydrogen-bond acceptors (Lipinski definition) is 3. The number of rotatable bonds is 4. The van der Waals surface area contributed by atoms with Crippen molar-refractivity contribution in [3.8, 4) is 0 Å². The Morgan fingerprint density at radius 3 is 2.50 bits per heavy atom. The lowest BCUT2D eigenvalue weighted by atomic mass is 9.96. The summed E-state index contributed by atoms with van der Waals surface area (Å²) in [6, 6.07) is 7.44. The maximum Gasteiger partial charge on any atom is 0.306 e. The number of halogens is 1. The van der Waals surface area contributed by atoms with Crippen molar-refractivity contribution in [3.05, 3.63) is 34.9 Å². The Morgan fingerprint density at radius 2 is 2.00 bits per heavy atom. The van der Waals surface area contributed by atoms with Crippen molar-refractivity contribution in [2.45, 2.75) is 38.7 Å². The zero-order valence-electron chi connectivity index (χ0n) is 11.1. The molecule has 100 valence electrons. The van der Waals surface area contributed by atoms with E-state index in [1.807, 2.05) is 39.0 Å². The molecular weight excluding hydrogens is 250 g/mol. The summed E-state index contributed by atoms with van der Waals surface area (Å²) in [6.45, 7) is 5.90. The monoisotopic (exact) mass is 269 g/mol. The molecule has 1 aromatic rings. The van der Waals surface area contributed by atoms with Crippen LogP contribution in [-0.2, 0) is 9.53 Å². The number of esters is 1. The molecule has 0 fully saturated rings. The molecule has 0 bridgehead atoms. The van der Waals surface area contributed by atoms with Gasteiger partial charge >= 0.3 is 5.97 Å². The largest absolute Gasteiger partial charge is 0.460 e. The topological polar surface area (TPSA) is 52.3 Å². The number of carbonyl (C=O) groups excluding carboxylic acids is 1. The van der Waals surface area contributed by atoms with Gasteiger partial charge in [-0.05, 0) is 38.9 Å². The van der Waals surface area contributed by atoms with Gasteiger partial charge in [-0.3, -0.25) is 4.79 Å². The van der Waals surface area contributed by atoms with Crippen LogP contribution in [0.15, 0.2) is 24.3 Å². The van der Waals surface area contributed by atoms with Gasteiger partial charge in [-0.1, -0.05) is 29.8 Å². The van der Waals surface area contributed by atoms with E-state index in [-0.39, 0.29) is 18.3 Å². The van der Waals surface area contributed by atoms with E-state index >= 15 is 0 Å². The molecule has 0 aliphatic rings. The van der Waals surface area contributed by atoms with Gasteiger partial charge in [0.15, 0.2) is 0 Å². The van der Waals surface area contributed by atoms with Crippen LogP contribution in [-0.4, -0.2) is 18.1 Å². The summed E-state index contributed by atoms with van der Waals surface area (Å²) < 4.78 is 5.29. The normalized spacial score (nSPS) is 13.2. The molecule has 0 spiro atoms. The predicted molar refractivity (Wildman–Crippen MR) is 73.7 cm³/mol. The van der Waals surface area contributed by atoms with Crippen LogP contribution in [0, 0.1) is 0 Å². The molecule has 0 aromatic heterocycles. The molecule has 2 N–H and O–H groups in total. The highest BCUT2D eigenvalue weighted by Gasteiger charge is 2.21. The third-order valence-electron chi connectivity index (χ3n) is 2.46. The summed E-state index contributed by atoms with van der Waals surface area (Å²) in [5, 5.41) is 0.636. The minimum absolute atomic E-state index is 0.103. The second-order valence-corrected chi connectivity index (χ2v) is 5.65. The Balaban J connectivity index is 2.74. The second kappa shape index (κ2) is 6.21. The van der Waals surface area contributed by atoms with Crippen LogP contribution in [0.5, 0.6) is 0 Å². The summed E-state index contributed by atoms with van der Waals surface area (Å²) >= 11 is 6.11. The van der Waals surface area contributed by atoms with Gasteiger partial charge in [0.2, 0.25) is 0 Å². The van der Waals surface area contributed by atoms with Gasteiger partial charge in [-0.15, -0.1) is 0 Å². The van der Waals surface area contributed by atoms with Crippen molar-refractivity contribution in [1.82, 2.24) is 0 Å². The molecule has 0 amide bonds. The zero-order valence-corrected chi connectivity index (χ0v) is 11.8. The van der Waals surface area contributed by atoms with Crippen molar-refractivity contribution in [3.63, 3.8) is 0 Å². The van der Waals surface area contributed by atoms with E-state index in [1.54, 1.807) is 6.07 Å². The van der Waals surface area contributed by atoms with Crippen molar-refractivity contribution in [1.29, 1.82) is 0 Å². The fourth-order valence-corrected chi connectivity index (χ4v) is 2.00. The first-order valence-electron chi connectivity index (χ1n) is 6.00. The maximum atomic E-state index is 11.8. The van der Waals surface area contributed by atoms with E-state index in [2.05, 4.69) is 0 Å². The Morgan fingerprint density at radius 1 is 1.39 bits per heavy atom. The van der Waals surface area contributed by atoms with Crippen LogP contribution in [0.1, 0.15) is 38.7 Å². The molecule has 4 heteroatoms. The van der Waals surface area contributed by atoms with Crippen LogP contribution in [0.25, 0.3) is 0 Å². The molecule has 1 atom stereocenters. The molecular formula is C14H20ClNO2. The third kappa shape index (κ3) is 4.67. The van der Waals surface area contributed by atoms with E-state index in [0.29, 0.717) is 11.6 Å². The summed E-state index contributed by atoms with van der Waals surface area (Å²) in [6.07, 6.45) is 0.248. The molecule has 0 aliphatic carbocycles. The first-order valence-corrected chi connectivity index (χ1v) is 6.37. The molecule has 0 radical (unpaired) electrons. The summed E-state index contributed by atoms with van der Waals surface area (Å²) in [4.78, 5) is 11.8. The number of ether oxygens (including phenoxy) is 1. The molecule has 18 heavy (non-hydrogen) atoms. The fourth-order valence-electron chi connectivity index (χ4n) is 1.71. The lowest BCUT2D eigenvalue weighted by Gasteiger charge is -2.22. The molecule has 0 saturated heterocycles. The fraction of sp³-hybridized carbons (Fsp3) is 0.500. The van der Waals surface area contributed by atoms with Crippen molar-refractivity contribution >= 4 is 17.6 Å². The minimum Gasteiger partial charge on any atom is -0.460 e. The van der Waals surface area contributed by atoms with Crippen LogP contribution in [0.3, 0.4) is 0 Å². The van der Waals surface area contributed by atoms with E-state index < -0.39 is 5.60 Å². The van der Waals surface area contributed by atoms with Crippen LogP contribution in [0.2, 0.25) is 5.02 Å². The highest BCUT2D eigenvalue weighted by atomic mass is 35.5. The van der Waals surface area contributed by atoms with E-state index in [0.717, 1.165) is 5.56 Å². The summed E-state index contributed by atoms with van der Waals surface area (Å²) in [7, 11) is 0. The lowest BCUT2D eigenvalue weighted by Crippen LogP contribution is -2.26. The molecule has 0 heterocycles. The van der Waals surface area contributed by atoms with Crippen molar-refractivity contribution in [2.75, 3.05) is 6.54 Å². The zero-order chi connectivity index (χ0) is 13.8. The second-order valence-electron chi connectivity index (χ2n) is 5.24. The average molecular weight is 270 g/mol. The Hall–Kier alpha value is -1.06. The van der Waals surface area contributed by atoms with Gasteiger partial charge in [-0.2, -0.15) is 0 Å². The number of hydrogen-bond donors (Lipinski definition) is 1. The third-order valence-corrected chi connectivity index (χ3v) is 2.81. The van der Waals surface area contributed by atoms with Gasteiger partial charge in [0.05, 0.1) is 6.42 Å². The molecule has 3 nitrogen and oxygen atoms in total. The highest BCUT2D eigenvalue weighted by molar-refractivity contribution is 6.31. The molecule has 0 aliphatic heterocycles. The molecule has 1 aromatic carbocycles. The SMILES string of the molecule is CC(C)(C)OC(=O)CC(CN)c1ccccc1Cl. The van der Waals surface area contributed by atoms with Gasteiger partial charge in [0, 0.05) is 10.9 Å². The van der Waals surface area contributed by atoms with Crippen molar-refractivity contribution in [2.24, 2.45) is 5.73 Å². The van der Waals surface area contributed by atoms with Crippen LogP contribution >= 0.6 is 11.6 Å². The van der Waals surface area contributed by atoms with E-state index in [1.165, 1.54) is 0 Å². The van der Waals surface area contributed by atoms with Crippen LogP contribution in [0.4, 0.5) is 0 Å². The number of benzene rings is 1. The van der Waals surface area contributed by atoms with Crippen LogP contribution < -0.4 is 5.73 Å². The molecule has 1 unspecified atom stereocenters. The van der Waals surface area contributed by atoms with Gasteiger partial charge in [0.1, 0.15) is 5.60 Å². The first-order chi connectivity index (χ1) is 8.33. The maximum absolute atomic E-state index is 11.8. The Bertz CT molecular complexity index is 413. The average Bonchev–Trinajstić information content (AvgIpc) is 2.24. The quantitative estimate of drug-likeness (QED) is 0.855. The summed E-state index contributed by atoms with van der Waals surface area (Å²) in [5.74, 6) is -0.355. The van der Waals surface area contributed by atoms with Gasteiger partial charge in [0.25, 0.3) is 0 Å². The number of nitrogens with two attached hydrogens (primary N) is 1. The Kier molecular flexibility index (Phi) is 5.17. The standard InChI is InChI=1S/C14H20ClNO2/c1-14(2,3)18-13(17)8-10(9-16)11-6-4-5-7-12(11)15/h4-7,10H,8-9,16H2,1-3H3. The predicted octanol–water partition coefficient (Wildman–Crippen LogP) is 3.11. The van der Waals surface area contributed by atoms with Gasteiger partial charge < -0.3 is 10.5 Å². The summed E-state index contributed by atoms with van der Waals surface area (Å²) in [5.41, 5.74) is 6.14. The van der Waals surface area contributed by atoms with Crippen molar-refractivity contribution < 1.29 is 9.53 Å². The van der Waals surface area contributed by atoms with E-state index in [4.69, 9.17) is 22.1 Å². The number of carbonyl (C=O) groups is 1. The molecule has 0 saturated carbocycles. The first kappa shape index (κ1) is 15.0. The Labute approximate surface area is 113 Å². The molecule has 1 rings (SSSR count). The van der Waals surface area contributed by atoms with E-state index in [9.17, 15) is 4.79 Å². The minimum atomic E-state index is -0.475. The lowest BCUT2D eigenvalue weighted by molar-refractivity contribution is -0.155. The smallest absolute Gasteiger partial charge is 0.306 e. The highest BCUT2D eigenvalue weighted by Crippen LogP contribution is 2.27. The van der Waals surface area contributed by atoms with Gasteiger partial charge in [-0.25, -0.2) is 0 Å².